The van der Waals surface area contributed by atoms with Gasteiger partial charge in [0.05, 0.1) is 19.8 Å². The van der Waals surface area contributed by atoms with E-state index in [9.17, 15) is 0 Å². The van der Waals surface area contributed by atoms with E-state index in [1.54, 1.807) is 0 Å². The molecule has 152 valence electrons. The Hall–Kier alpha value is -2.12. The van der Waals surface area contributed by atoms with Crippen molar-refractivity contribution in [2.45, 2.75) is 39.5 Å². The van der Waals surface area contributed by atoms with E-state index in [4.69, 9.17) is 29.3 Å². The molecular weight excluding hydrogens is 350 g/mol. The van der Waals surface area contributed by atoms with E-state index in [2.05, 4.69) is 43.9 Å². The number of rotatable bonds is 7. The van der Waals surface area contributed by atoms with Gasteiger partial charge in [0.2, 0.25) is 0 Å². The van der Waals surface area contributed by atoms with Crippen molar-refractivity contribution in [2.24, 2.45) is 0 Å². The number of carbonyl (C=O) groups is 2. The highest BCUT2D eigenvalue weighted by Gasteiger charge is 2.09. The van der Waals surface area contributed by atoms with Crippen LogP contribution < -0.4 is 4.74 Å². The lowest BCUT2D eigenvalue weighted by molar-refractivity contribution is -0.159. The lowest BCUT2D eigenvalue weighted by atomic mass is 10.0. The Labute approximate surface area is 160 Å². The van der Waals surface area contributed by atoms with Crippen LogP contribution in [0.5, 0.6) is 5.75 Å². The van der Waals surface area contributed by atoms with Gasteiger partial charge in [-0.3, -0.25) is 4.90 Å². The van der Waals surface area contributed by atoms with Gasteiger partial charge in [-0.25, -0.2) is 9.59 Å². The molecule has 0 aliphatic carbocycles. The van der Waals surface area contributed by atoms with E-state index in [1.807, 2.05) is 0 Å². The Morgan fingerprint density at radius 3 is 2.33 bits per heavy atom. The zero-order valence-electron chi connectivity index (χ0n) is 16.4. The molecule has 1 aliphatic heterocycles. The molecule has 0 bridgehead atoms. The number of morpholine rings is 1. The predicted molar refractivity (Wildman–Crippen MR) is 103 cm³/mol. The molecule has 1 saturated heterocycles. The minimum absolute atomic E-state index is 0.550. The van der Waals surface area contributed by atoms with Gasteiger partial charge < -0.3 is 19.7 Å². The van der Waals surface area contributed by atoms with Crippen LogP contribution in [0.3, 0.4) is 0 Å². The van der Waals surface area contributed by atoms with Gasteiger partial charge in [-0.15, -0.1) is 0 Å². The van der Waals surface area contributed by atoms with Crippen molar-refractivity contribution in [1.29, 1.82) is 0 Å². The fourth-order valence-electron chi connectivity index (χ4n) is 2.58. The van der Waals surface area contributed by atoms with Crippen molar-refractivity contribution in [3.63, 3.8) is 0 Å². The second kappa shape index (κ2) is 12.3. The average Bonchev–Trinajstić information content (AvgIpc) is 2.64. The number of carboxylic acid groups (broad SMARTS) is 2. The largest absolute Gasteiger partial charge is 0.493 e. The second-order valence-corrected chi connectivity index (χ2v) is 6.80. The first kappa shape index (κ1) is 22.9. The van der Waals surface area contributed by atoms with Crippen LogP contribution >= 0.6 is 0 Å². The first-order valence-electron chi connectivity index (χ1n) is 9.31. The lowest BCUT2D eigenvalue weighted by Crippen LogP contribution is -2.36. The first-order valence-corrected chi connectivity index (χ1v) is 9.31. The second-order valence-electron chi connectivity index (χ2n) is 6.80. The van der Waals surface area contributed by atoms with Gasteiger partial charge >= 0.3 is 11.9 Å². The number of nitrogens with zero attached hydrogens (tertiary/aromatic N) is 1. The molecule has 1 aromatic rings. The summed E-state index contributed by atoms with van der Waals surface area (Å²) in [6, 6.07) is 6.56. The van der Waals surface area contributed by atoms with Crippen LogP contribution in [0.2, 0.25) is 0 Å². The Morgan fingerprint density at radius 1 is 1.15 bits per heavy atom. The molecule has 1 fully saturated rings. The summed E-state index contributed by atoms with van der Waals surface area (Å²) in [6.07, 6.45) is 2.31. The predicted octanol–water partition coefficient (Wildman–Crippen LogP) is 2.77. The standard InChI is InChI=1S/C18H29NO2.C2H2O4/c1-15(2)17-7-6-16(3)18(14-17)21-11-5-4-8-19-9-12-20-13-10-19;3-1(4)2(5)6/h6-7,14-15H,4-5,8-13H2,1-3H3;(H,3,4)(H,5,6). The van der Waals surface area contributed by atoms with Crippen molar-refractivity contribution in [2.75, 3.05) is 39.5 Å². The molecule has 0 unspecified atom stereocenters. The summed E-state index contributed by atoms with van der Waals surface area (Å²) >= 11 is 0. The lowest BCUT2D eigenvalue weighted by Gasteiger charge is -2.26. The molecule has 7 heteroatoms. The fourth-order valence-corrected chi connectivity index (χ4v) is 2.58. The smallest absolute Gasteiger partial charge is 0.414 e. The zero-order valence-corrected chi connectivity index (χ0v) is 16.4. The van der Waals surface area contributed by atoms with E-state index in [0.29, 0.717) is 5.92 Å². The maximum atomic E-state index is 9.10. The molecule has 1 heterocycles. The SMILES string of the molecule is Cc1ccc(C(C)C)cc1OCCCCN1CCOCC1.O=C(O)C(=O)O. The molecule has 0 spiro atoms. The molecule has 0 aromatic heterocycles. The number of unbranched alkanes of at least 4 members (excludes halogenated alkanes) is 1. The third-order valence-corrected chi connectivity index (χ3v) is 4.29. The molecule has 7 nitrogen and oxygen atoms in total. The topological polar surface area (TPSA) is 96.3 Å². The summed E-state index contributed by atoms with van der Waals surface area (Å²) in [6.45, 7) is 12.5. The van der Waals surface area contributed by atoms with E-state index in [-0.39, 0.29) is 0 Å². The molecular formula is C20H31NO6. The Kier molecular flexibility index (Phi) is 10.4. The van der Waals surface area contributed by atoms with Crippen LogP contribution in [0.15, 0.2) is 18.2 Å². The van der Waals surface area contributed by atoms with Crippen molar-refractivity contribution in [3.8, 4) is 5.75 Å². The van der Waals surface area contributed by atoms with Crippen LogP contribution in [0.4, 0.5) is 0 Å². The van der Waals surface area contributed by atoms with E-state index in [1.165, 1.54) is 17.5 Å². The van der Waals surface area contributed by atoms with Gasteiger partial charge in [0.1, 0.15) is 5.75 Å². The van der Waals surface area contributed by atoms with Crippen molar-refractivity contribution in [3.05, 3.63) is 29.3 Å². The summed E-state index contributed by atoms with van der Waals surface area (Å²) in [5.74, 6) is -2.05. The molecule has 2 N–H and O–H groups in total. The Morgan fingerprint density at radius 2 is 1.78 bits per heavy atom. The highest BCUT2D eigenvalue weighted by Crippen LogP contribution is 2.24. The maximum Gasteiger partial charge on any atom is 0.414 e. The van der Waals surface area contributed by atoms with Gasteiger partial charge in [-0.1, -0.05) is 26.0 Å². The van der Waals surface area contributed by atoms with Crippen molar-refractivity contribution in [1.82, 2.24) is 4.90 Å². The van der Waals surface area contributed by atoms with Crippen LogP contribution in [0.25, 0.3) is 0 Å². The molecule has 2 rings (SSSR count). The van der Waals surface area contributed by atoms with E-state index in [0.717, 1.165) is 51.6 Å². The molecule has 0 saturated carbocycles. The molecule has 0 atom stereocenters. The molecule has 0 amide bonds. The van der Waals surface area contributed by atoms with Gasteiger partial charge in [0.25, 0.3) is 0 Å². The molecule has 1 aromatic carbocycles. The number of carboxylic acids is 2. The summed E-state index contributed by atoms with van der Waals surface area (Å²) < 4.78 is 11.3. The number of aryl methyl sites for hydroxylation is 1. The summed E-state index contributed by atoms with van der Waals surface area (Å²) in [7, 11) is 0. The zero-order chi connectivity index (χ0) is 20.2. The van der Waals surface area contributed by atoms with Crippen molar-refractivity contribution < 1.29 is 29.3 Å². The molecule has 1 aliphatic rings. The Balaban J connectivity index is 0.000000527. The molecule has 27 heavy (non-hydrogen) atoms. The quantitative estimate of drug-likeness (QED) is 0.554. The van der Waals surface area contributed by atoms with Gasteiger partial charge in [-0.2, -0.15) is 0 Å². The van der Waals surface area contributed by atoms with Crippen LogP contribution in [-0.2, 0) is 14.3 Å². The van der Waals surface area contributed by atoms with E-state index >= 15 is 0 Å². The van der Waals surface area contributed by atoms with Gasteiger partial charge in [0.15, 0.2) is 0 Å². The maximum absolute atomic E-state index is 9.10. The third kappa shape index (κ3) is 9.40. The molecule has 0 radical (unpaired) electrons. The van der Waals surface area contributed by atoms with Crippen LogP contribution in [0, 0.1) is 6.92 Å². The monoisotopic (exact) mass is 381 g/mol. The summed E-state index contributed by atoms with van der Waals surface area (Å²) in [5, 5.41) is 14.8. The summed E-state index contributed by atoms with van der Waals surface area (Å²) in [5.41, 5.74) is 2.58. The van der Waals surface area contributed by atoms with E-state index < -0.39 is 11.9 Å². The number of hydrogen-bond acceptors (Lipinski definition) is 5. The van der Waals surface area contributed by atoms with Gasteiger partial charge in [-0.05, 0) is 49.4 Å². The number of benzene rings is 1. The Bertz CT molecular complexity index is 584. The number of ether oxygens (including phenoxy) is 2. The first-order chi connectivity index (χ1) is 12.8. The highest BCUT2D eigenvalue weighted by atomic mass is 16.5. The summed E-state index contributed by atoms with van der Waals surface area (Å²) in [4.78, 5) is 20.7. The van der Waals surface area contributed by atoms with Crippen LogP contribution in [-0.4, -0.2) is 66.5 Å². The number of aliphatic carboxylic acids is 2. The normalized spacial score (nSPS) is 14.4. The number of hydrogen-bond donors (Lipinski definition) is 2. The minimum Gasteiger partial charge on any atom is -0.493 e. The van der Waals surface area contributed by atoms with Crippen molar-refractivity contribution >= 4 is 11.9 Å². The minimum atomic E-state index is -1.82. The third-order valence-electron chi connectivity index (χ3n) is 4.29. The average molecular weight is 381 g/mol. The van der Waals surface area contributed by atoms with Gasteiger partial charge in [0, 0.05) is 13.1 Å². The highest BCUT2D eigenvalue weighted by molar-refractivity contribution is 6.27. The fraction of sp³-hybridized carbons (Fsp3) is 0.600. The van der Waals surface area contributed by atoms with Crippen LogP contribution in [0.1, 0.15) is 43.7 Å².